The quantitative estimate of drug-likeness (QED) is 0.663. The Balaban J connectivity index is 1.58. The van der Waals surface area contributed by atoms with Gasteiger partial charge in [-0.05, 0) is 37.8 Å². The van der Waals surface area contributed by atoms with Gasteiger partial charge in [0.15, 0.2) is 5.69 Å². The molecule has 1 aliphatic rings. The van der Waals surface area contributed by atoms with Crippen LogP contribution in [-0.4, -0.2) is 59.4 Å². The molecule has 2 N–H and O–H groups in total. The van der Waals surface area contributed by atoms with Crippen molar-refractivity contribution in [3.8, 4) is 10.6 Å². The number of rotatable bonds is 6. The normalized spacial score (nSPS) is 14.2. The van der Waals surface area contributed by atoms with Gasteiger partial charge in [-0.1, -0.05) is 12.1 Å². The first-order valence-corrected chi connectivity index (χ1v) is 10.5. The molecule has 1 aromatic heterocycles. The second-order valence-electron chi connectivity index (χ2n) is 6.74. The first-order chi connectivity index (χ1) is 14.5. The molecule has 0 bridgehead atoms. The van der Waals surface area contributed by atoms with Crippen molar-refractivity contribution in [1.82, 2.24) is 9.88 Å². The van der Waals surface area contributed by atoms with Crippen molar-refractivity contribution in [2.75, 3.05) is 31.6 Å². The molecule has 0 spiro atoms. The summed E-state index contributed by atoms with van der Waals surface area (Å²) in [4.78, 5) is 40.7. The number of nitrogens with zero attached hydrogens (tertiary/aromatic N) is 2. The van der Waals surface area contributed by atoms with Crippen LogP contribution < -0.4 is 5.32 Å². The molecule has 0 radical (unpaired) electrons. The second kappa shape index (κ2) is 10.1. The Bertz CT molecular complexity index is 907. The molecule has 0 saturated carbocycles. The summed E-state index contributed by atoms with van der Waals surface area (Å²) >= 11 is 1.28. The van der Waals surface area contributed by atoms with Crippen LogP contribution in [0, 0.1) is 5.92 Å². The number of piperidine rings is 1. The monoisotopic (exact) mass is 433 g/mol. The van der Waals surface area contributed by atoms with Gasteiger partial charge in [0.05, 0.1) is 18.9 Å². The van der Waals surface area contributed by atoms with E-state index in [1.165, 1.54) is 16.2 Å². The Morgan fingerprint density at radius 1 is 1.23 bits per heavy atom. The lowest BCUT2D eigenvalue weighted by molar-refractivity contribution is 0.0520. The summed E-state index contributed by atoms with van der Waals surface area (Å²) in [5, 5.41) is 13.9. The number of benzene rings is 1. The molecule has 1 fully saturated rings. The number of para-hydroxylation sites is 1. The Hall–Kier alpha value is -3.14. The minimum atomic E-state index is -0.919. The Morgan fingerprint density at radius 3 is 2.67 bits per heavy atom. The smallest absolute Gasteiger partial charge is 0.411 e. The number of aromatic nitrogens is 1. The van der Waals surface area contributed by atoms with Gasteiger partial charge >= 0.3 is 18.2 Å². The highest BCUT2D eigenvalue weighted by Gasteiger charge is 2.23. The number of carboxylic acid groups (broad SMARTS) is 1. The predicted molar refractivity (Wildman–Crippen MR) is 111 cm³/mol. The van der Waals surface area contributed by atoms with Gasteiger partial charge in [0.25, 0.3) is 0 Å². The summed E-state index contributed by atoms with van der Waals surface area (Å²) in [6.07, 6.45) is -0.194. The molecule has 0 aliphatic carbocycles. The van der Waals surface area contributed by atoms with Gasteiger partial charge in [-0.3, -0.25) is 5.32 Å². The number of hydrogen-bond acceptors (Lipinski definition) is 7. The first kappa shape index (κ1) is 21.6. The van der Waals surface area contributed by atoms with Crippen molar-refractivity contribution in [2.45, 2.75) is 19.8 Å². The van der Waals surface area contributed by atoms with E-state index in [0.29, 0.717) is 42.2 Å². The van der Waals surface area contributed by atoms with Crippen LogP contribution in [0.1, 0.15) is 30.3 Å². The fraction of sp³-hybridized carbons (Fsp3) is 0.400. The molecular formula is C20H23N3O6S. The fourth-order valence-corrected chi connectivity index (χ4v) is 3.93. The molecule has 1 saturated heterocycles. The zero-order valence-corrected chi connectivity index (χ0v) is 17.3. The molecule has 0 atom stereocenters. The molecule has 2 amide bonds. The lowest BCUT2D eigenvalue weighted by Crippen LogP contribution is -2.38. The highest BCUT2D eigenvalue weighted by molar-refractivity contribution is 7.13. The van der Waals surface area contributed by atoms with E-state index in [0.717, 1.165) is 0 Å². The summed E-state index contributed by atoms with van der Waals surface area (Å²) in [7, 11) is 0. The van der Waals surface area contributed by atoms with E-state index >= 15 is 0 Å². The molecule has 0 unspecified atom stereocenters. The molecule has 3 rings (SSSR count). The lowest BCUT2D eigenvalue weighted by Gasteiger charge is -2.29. The van der Waals surface area contributed by atoms with E-state index in [9.17, 15) is 14.4 Å². The topological polar surface area (TPSA) is 118 Å². The van der Waals surface area contributed by atoms with Gasteiger partial charge in [0, 0.05) is 24.0 Å². The third-order valence-electron chi connectivity index (χ3n) is 4.72. The number of thiazole rings is 1. The number of hydrogen-bond donors (Lipinski definition) is 2. The van der Waals surface area contributed by atoms with Gasteiger partial charge < -0.3 is 19.5 Å². The van der Waals surface area contributed by atoms with Crippen molar-refractivity contribution in [2.24, 2.45) is 5.92 Å². The fourth-order valence-electron chi connectivity index (χ4n) is 3.11. The average molecular weight is 433 g/mol. The highest BCUT2D eigenvalue weighted by atomic mass is 32.1. The van der Waals surface area contributed by atoms with Gasteiger partial charge in [-0.25, -0.2) is 19.4 Å². The zero-order chi connectivity index (χ0) is 21.5. The van der Waals surface area contributed by atoms with Gasteiger partial charge in [-0.2, -0.15) is 0 Å². The molecule has 9 nitrogen and oxygen atoms in total. The van der Waals surface area contributed by atoms with Crippen LogP contribution in [0.4, 0.5) is 15.3 Å². The standard InChI is InChI=1S/C20H23N3O6S/c1-2-28-18(24)16-12-30-17(21-16)14-5-3-4-6-15(14)22-19(25)29-11-13-7-9-23(10-8-13)20(26)27/h3-6,12-13H,2,7-11H2,1H3,(H,22,25)(H,26,27). The SMILES string of the molecule is CCOC(=O)c1csc(-c2ccccc2NC(=O)OCC2CCN(C(=O)O)CC2)n1. The summed E-state index contributed by atoms with van der Waals surface area (Å²) in [5.74, 6) is -0.355. The van der Waals surface area contributed by atoms with E-state index in [1.807, 2.05) is 6.07 Å². The van der Waals surface area contributed by atoms with Gasteiger partial charge in [-0.15, -0.1) is 11.3 Å². The Labute approximate surface area is 177 Å². The maximum atomic E-state index is 12.3. The molecule has 30 heavy (non-hydrogen) atoms. The van der Waals surface area contributed by atoms with Crippen LogP contribution in [0.3, 0.4) is 0 Å². The minimum Gasteiger partial charge on any atom is -0.465 e. The first-order valence-electron chi connectivity index (χ1n) is 9.61. The van der Waals surface area contributed by atoms with Crippen molar-refractivity contribution < 1.29 is 29.0 Å². The highest BCUT2D eigenvalue weighted by Crippen LogP contribution is 2.31. The minimum absolute atomic E-state index is 0.132. The number of carbonyl (C=O) groups excluding carboxylic acids is 2. The maximum absolute atomic E-state index is 12.3. The summed E-state index contributed by atoms with van der Waals surface area (Å²) < 4.78 is 10.3. The summed E-state index contributed by atoms with van der Waals surface area (Å²) in [6, 6.07) is 7.12. The van der Waals surface area contributed by atoms with Gasteiger partial charge in [0.1, 0.15) is 5.01 Å². The molecule has 10 heteroatoms. The zero-order valence-electron chi connectivity index (χ0n) is 16.5. The van der Waals surface area contributed by atoms with E-state index in [4.69, 9.17) is 14.6 Å². The van der Waals surface area contributed by atoms with Crippen LogP contribution in [0.5, 0.6) is 0 Å². The van der Waals surface area contributed by atoms with Crippen LogP contribution in [0.2, 0.25) is 0 Å². The van der Waals surface area contributed by atoms with Crippen molar-refractivity contribution in [1.29, 1.82) is 0 Å². The predicted octanol–water partition coefficient (Wildman–Crippen LogP) is 3.93. The largest absolute Gasteiger partial charge is 0.465 e. The number of likely N-dealkylation sites (tertiary alicyclic amines) is 1. The Morgan fingerprint density at radius 2 is 1.97 bits per heavy atom. The summed E-state index contributed by atoms with van der Waals surface area (Å²) in [5.41, 5.74) is 1.42. The number of ether oxygens (including phenoxy) is 2. The number of nitrogens with one attached hydrogen (secondary N) is 1. The maximum Gasteiger partial charge on any atom is 0.411 e. The molecule has 2 heterocycles. The third kappa shape index (κ3) is 5.47. The third-order valence-corrected chi connectivity index (χ3v) is 5.59. The van der Waals surface area contributed by atoms with E-state index in [-0.39, 0.29) is 24.8 Å². The summed E-state index contributed by atoms with van der Waals surface area (Å²) in [6.45, 7) is 3.11. The van der Waals surface area contributed by atoms with E-state index in [2.05, 4.69) is 10.3 Å². The second-order valence-corrected chi connectivity index (χ2v) is 7.60. The molecule has 160 valence electrons. The van der Waals surface area contributed by atoms with E-state index < -0.39 is 18.2 Å². The lowest BCUT2D eigenvalue weighted by atomic mass is 9.98. The number of anilines is 1. The Kier molecular flexibility index (Phi) is 7.23. The van der Waals surface area contributed by atoms with Crippen molar-refractivity contribution >= 4 is 35.2 Å². The molecule has 2 aromatic rings. The van der Waals surface area contributed by atoms with Crippen LogP contribution in [0.15, 0.2) is 29.6 Å². The van der Waals surface area contributed by atoms with E-state index in [1.54, 1.807) is 30.5 Å². The molecule has 1 aromatic carbocycles. The molecular weight excluding hydrogens is 410 g/mol. The van der Waals surface area contributed by atoms with Crippen LogP contribution in [-0.2, 0) is 9.47 Å². The van der Waals surface area contributed by atoms with Crippen LogP contribution in [0.25, 0.3) is 10.6 Å². The number of carbonyl (C=O) groups is 3. The molecule has 1 aliphatic heterocycles. The van der Waals surface area contributed by atoms with Gasteiger partial charge in [0.2, 0.25) is 0 Å². The van der Waals surface area contributed by atoms with Crippen LogP contribution >= 0.6 is 11.3 Å². The average Bonchev–Trinajstić information content (AvgIpc) is 3.23. The number of esters is 1. The van der Waals surface area contributed by atoms with Crippen molar-refractivity contribution in [3.05, 3.63) is 35.3 Å². The van der Waals surface area contributed by atoms with Crippen molar-refractivity contribution in [3.63, 3.8) is 0 Å². The number of amides is 2.